The third-order valence-electron chi connectivity index (χ3n) is 3.98. The smallest absolute Gasteiger partial charge is 0.248 e. The van der Waals surface area contributed by atoms with Crippen molar-refractivity contribution in [3.8, 4) is 0 Å². The standard InChI is InChI=1S/C16H35BNO/c1-5-7-9-11-13-15-16(3,17-18-19-4)14-12-10-8-6-2/h18H,5-15H2,1-4H3. The normalized spacial score (nSPS) is 14.3. The molecule has 0 spiro atoms. The first-order chi connectivity index (χ1) is 9.18. The molecular formula is C16H35BNO. The van der Waals surface area contributed by atoms with Gasteiger partial charge in [-0.15, -0.1) is 0 Å². The van der Waals surface area contributed by atoms with E-state index in [4.69, 9.17) is 4.84 Å². The van der Waals surface area contributed by atoms with E-state index >= 15 is 0 Å². The molecule has 0 heterocycles. The zero-order valence-corrected chi connectivity index (χ0v) is 13.8. The van der Waals surface area contributed by atoms with E-state index in [2.05, 4.69) is 33.6 Å². The van der Waals surface area contributed by atoms with E-state index in [1.165, 1.54) is 70.6 Å². The van der Waals surface area contributed by atoms with Crippen LogP contribution in [0.3, 0.4) is 0 Å². The molecule has 0 aliphatic carbocycles. The molecule has 0 aromatic heterocycles. The first-order valence-electron chi connectivity index (χ1n) is 8.31. The lowest BCUT2D eigenvalue weighted by atomic mass is 9.57. The highest BCUT2D eigenvalue weighted by molar-refractivity contribution is 6.36. The molecule has 0 aromatic carbocycles. The molecule has 19 heavy (non-hydrogen) atoms. The van der Waals surface area contributed by atoms with Crippen LogP contribution in [-0.4, -0.2) is 14.5 Å². The first kappa shape index (κ1) is 19.0. The molecule has 0 fully saturated rings. The van der Waals surface area contributed by atoms with Gasteiger partial charge in [-0.2, -0.15) is 0 Å². The minimum atomic E-state index is 0.288. The first-order valence-corrected chi connectivity index (χ1v) is 8.31. The summed E-state index contributed by atoms with van der Waals surface area (Å²) in [5, 5.41) is 3.24. The number of nitrogens with one attached hydrogen (secondary N) is 1. The summed E-state index contributed by atoms with van der Waals surface area (Å²) in [6, 6.07) is 0. The number of rotatable bonds is 14. The maximum atomic E-state index is 5.00. The van der Waals surface area contributed by atoms with Gasteiger partial charge in [-0.1, -0.05) is 91.4 Å². The summed E-state index contributed by atoms with van der Waals surface area (Å²) in [6.45, 7) is 6.91. The van der Waals surface area contributed by atoms with E-state index in [0.29, 0.717) is 0 Å². The van der Waals surface area contributed by atoms with E-state index in [9.17, 15) is 0 Å². The fourth-order valence-electron chi connectivity index (χ4n) is 2.56. The molecule has 2 nitrogen and oxygen atoms in total. The molecule has 0 bridgehead atoms. The van der Waals surface area contributed by atoms with Gasteiger partial charge >= 0.3 is 0 Å². The molecule has 0 aromatic rings. The average Bonchev–Trinajstić information content (AvgIpc) is 2.41. The summed E-state index contributed by atoms with van der Waals surface area (Å²) < 4.78 is 0. The largest absolute Gasteiger partial charge is 0.317 e. The third-order valence-corrected chi connectivity index (χ3v) is 3.98. The van der Waals surface area contributed by atoms with Gasteiger partial charge in [0.15, 0.2) is 0 Å². The SMILES string of the molecule is CCCCCCCC(C)([B]NOC)CCCCCC. The zero-order chi connectivity index (χ0) is 14.4. The van der Waals surface area contributed by atoms with Crippen LogP contribution in [0, 0.1) is 0 Å². The second kappa shape index (κ2) is 13.0. The number of unbranched alkanes of at least 4 members (excludes halogenated alkanes) is 7. The molecule has 0 saturated carbocycles. The van der Waals surface area contributed by atoms with E-state index in [1.807, 2.05) is 0 Å². The predicted octanol–water partition coefficient (Wildman–Crippen LogP) is 5.27. The molecule has 0 saturated heterocycles. The lowest BCUT2D eigenvalue weighted by Gasteiger charge is -2.28. The Kier molecular flexibility index (Phi) is 13.0. The van der Waals surface area contributed by atoms with E-state index in [1.54, 1.807) is 7.11 Å². The Morgan fingerprint density at radius 2 is 1.32 bits per heavy atom. The van der Waals surface area contributed by atoms with E-state index < -0.39 is 0 Å². The molecule has 0 amide bonds. The highest BCUT2D eigenvalue weighted by Gasteiger charge is 2.24. The third kappa shape index (κ3) is 11.5. The fourth-order valence-corrected chi connectivity index (χ4v) is 2.56. The van der Waals surface area contributed by atoms with Crippen LogP contribution in [-0.2, 0) is 4.84 Å². The van der Waals surface area contributed by atoms with Gasteiger partial charge in [-0.3, -0.25) is 5.39 Å². The Morgan fingerprint density at radius 1 is 0.842 bits per heavy atom. The molecule has 0 rings (SSSR count). The molecule has 0 aliphatic rings. The van der Waals surface area contributed by atoms with Crippen molar-refractivity contribution in [3.05, 3.63) is 0 Å². The molecule has 113 valence electrons. The molecule has 3 heteroatoms. The summed E-state index contributed by atoms with van der Waals surface area (Å²) in [5.41, 5.74) is 0. The predicted molar refractivity (Wildman–Crippen MR) is 86.4 cm³/mol. The van der Waals surface area contributed by atoms with Gasteiger partial charge < -0.3 is 4.84 Å². The molecule has 1 N–H and O–H groups in total. The summed E-state index contributed by atoms with van der Waals surface area (Å²) in [7, 11) is 3.86. The van der Waals surface area contributed by atoms with Gasteiger partial charge in [-0.05, 0) is 5.31 Å². The van der Waals surface area contributed by atoms with Crippen LogP contribution in [0.15, 0.2) is 0 Å². The maximum Gasteiger partial charge on any atom is 0.248 e. The van der Waals surface area contributed by atoms with Gasteiger partial charge in [0.2, 0.25) is 7.41 Å². The highest BCUT2D eigenvalue weighted by atomic mass is 16.6. The molecule has 1 atom stereocenters. The quantitative estimate of drug-likeness (QED) is 0.263. The highest BCUT2D eigenvalue weighted by Crippen LogP contribution is 2.36. The Hall–Kier alpha value is -0.0151. The van der Waals surface area contributed by atoms with Crippen LogP contribution in [0.4, 0.5) is 0 Å². The monoisotopic (exact) mass is 268 g/mol. The Labute approximate surface area is 122 Å². The van der Waals surface area contributed by atoms with Gasteiger partial charge in [0.05, 0.1) is 7.11 Å². The zero-order valence-electron chi connectivity index (χ0n) is 13.8. The summed E-state index contributed by atoms with van der Waals surface area (Å²) in [5.74, 6) is 0. The van der Waals surface area contributed by atoms with Crippen LogP contribution in [0.5, 0.6) is 0 Å². The van der Waals surface area contributed by atoms with Crippen LogP contribution in [0.25, 0.3) is 0 Å². The molecule has 1 radical (unpaired) electrons. The van der Waals surface area contributed by atoms with Gasteiger partial charge in [-0.25, -0.2) is 0 Å². The molecule has 1 unspecified atom stereocenters. The molecular weight excluding hydrogens is 233 g/mol. The molecule has 0 aliphatic heterocycles. The van der Waals surface area contributed by atoms with Crippen LogP contribution < -0.4 is 5.39 Å². The van der Waals surface area contributed by atoms with E-state index in [-0.39, 0.29) is 5.31 Å². The summed E-state index contributed by atoms with van der Waals surface area (Å²) >= 11 is 0. The van der Waals surface area contributed by atoms with Crippen molar-refractivity contribution in [2.24, 2.45) is 0 Å². The minimum Gasteiger partial charge on any atom is -0.317 e. The van der Waals surface area contributed by atoms with Gasteiger partial charge in [0.1, 0.15) is 0 Å². The summed E-state index contributed by atoms with van der Waals surface area (Å²) in [6.07, 6.45) is 14.7. The fraction of sp³-hybridized carbons (Fsp3) is 1.00. The topological polar surface area (TPSA) is 21.3 Å². The minimum absolute atomic E-state index is 0.288. The Bertz CT molecular complexity index is 190. The van der Waals surface area contributed by atoms with Crippen molar-refractivity contribution in [2.45, 2.75) is 96.7 Å². The van der Waals surface area contributed by atoms with Gasteiger partial charge in [0, 0.05) is 0 Å². The van der Waals surface area contributed by atoms with Crippen molar-refractivity contribution in [1.82, 2.24) is 5.39 Å². The van der Waals surface area contributed by atoms with Crippen LogP contribution >= 0.6 is 0 Å². The van der Waals surface area contributed by atoms with Crippen molar-refractivity contribution < 1.29 is 4.84 Å². The van der Waals surface area contributed by atoms with Crippen molar-refractivity contribution in [1.29, 1.82) is 0 Å². The van der Waals surface area contributed by atoms with Crippen molar-refractivity contribution in [2.75, 3.05) is 7.11 Å². The van der Waals surface area contributed by atoms with Crippen molar-refractivity contribution in [3.63, 3.8) is 0 Å². The Morgan fingerprint density at radius 3 is 1.79 bits per heavy atom. The summed E-state index contributed by atoms with van der Waals surface area (Å²) in [4.78, 5) is 5.00. The van der Waals surface area contributed by atoms with E-state index in [0.717, 1.165) is 0 Å². The second-order valence-electron chi connectivity index (χ2n) is 6.10. The van der Waals surface area contributed by atoms with Gasteiger partial charge in [0.25, 0.3) is 0 Å². The van der Waals surface area contributed by atoms with Crippen LogP contribution in [0.2, 0.25) is 5.31 Å². The second-order valence-corrected chi connectivity index (χ2v) is 6.10. The average molecular weight is 268 g/mol. The lowest BCUT2D eigenvalue weighted by molar-refractivity contribution is 0.149. The Balaban J connectivity index is 3.88. The lowest BCUT2D eigenvalue weighted by Crippen LogP contribution is -2.30. The van der Waals surface area contributed by atoms with Crippen LogP contribution in [0.1, 0.15) is 91.4 Å². The van der Waals surface area contributed by atoms with Crippen molar-refractivity contribution >= 4 is 7.41 Å². The maximum absolute atomic E-state index is 5.00. The number of hydrogen-bond donors (Lipinski definition) is 1. The number of hydrogen-bond acceptors (Lipinski definition) is 2.